The third-order valence-electron chi connectivity index (χ3n) is 5.12. The van der Waals surface area contributed by atoms with Gasteiger partial charge in [0.1, 0.15) is 24.0 Å². The highest BCUT2D eigenvalue weighted by Gasteiger charge is 2.37. The predicted molar refractivity (Wildman–Crippen MR) is 128 cm³/mol. The van der Waals surface area contributed by atoms with Gasteiger partial charge in [0.2, 0.25) is 5.91 Å². The quantitative estimate of drug-likeness (QED) is 0.401. The monoisotopic (exact) mass is 454 g/mol. The zero-order valence-corrected chi connectivity index (χ0v) is 20.0. The van der Waals surface area contributed by atoms with Gasteiger partial charge in [-0.2, -0.15) is 0 Å². The molecule has 0 saturated heterocycles. The summed E-state index contributed by atoms with van der Waals surface area (Å²) in [6.45, 7) is 15.6. The van der Waals surface area contributed by atoms with Crippen molar-refractivity contribution in [2.45, 2.75) is 65.1 Å². The highest BCUT2D eigenvalue weighted by Crippen LogP contribution is 2.33. The average molecular weight is 455 g/mol. The number of rotatable bonds is 11. The molecule has 2 N–H and O–H groups in total. The minimum atomic E-state index is -0.928. The highest BCUT2D eigenvalue weighted by molar-refractivity contribution is 6.01. The first kappa shape index (κ1) is 25.9. The number of nitrogens with zero attached hydrogens (tertiary/aromatic N) is 1. The fourth-order valence-electron chi connectivity index (χ4n) is 3.38. The number of ether oxygens (including phenoxy) is 2. The van der Waals surface area contributed by atoms with Gasteiger partial charge in [0, 0.05) is 17.5 Å². The van der Waals surface area contributed by atoms with E-state index in [0.717, 1.165) is 17.6 Å². The van der Waals surface area contributed by atoms with Gasteiger partial charge >= 0.3 is 5.97 Å². The third kappa shape index (κ3) is 7.34. The number of benzene rings is 1. The number of carbonyl (C=O) groups excluding carboxylic acids is 3. The van der Waals surface area contributed by atoms with E-state index in [-0.39, 0.29) is 31.9 Å². The molecule has 178 valence electrons. The molecule has 1 heterocycles. The van der Waals surface area contributed by atoms with Crippen LogP contribution in [0.3, 0.4) is 0 Å². The molecule has 7 heteroatoms. The van der Waals surface area contributed by atoms with Gasteiger partial charge in [0.15, 0.2) is 0 Å². The summed E-state index contributed by atoms with van der Waals surface area (Å²) >= 11 is 0. The average Bonchev–Trinajstić information content (AvgIpc) is 3.06. The molecule has 2 amide bonds. The first-order chi connectivity index (χ1) is 15.4. The zero-order valence-electron chi connectivity index (χ0n) is 20.0. The summed E-state index contributed by atoms with van der Waals surface area (Å²) < 4.78 is 11.2. The van der Waals surface area contributed by atoms with Crippen molar-refractivity contribution in [3.63, 3.8) is 0 Å². The number of carbonyl (C=O) groups is 3. The maximum Gasteiger partial charge on any atom is 0.306 e. The first-order valence-electron chi connectivity index (χ1n) is 11.0. The van der Waals surface area contributed by atoms with Gasteiger partial charge in [-0.1, -0.05) is 43.9 Å². The van der Waals surface area contributed by atoms with Gasteiger partial charge in [0.25, 0.3) is 5.91 Å². The number of primary amides is 1. The zero-order chi connectivity index (χ0) is 24.8. The molecule has 1 atom stereocenters. The van der Waals surface area contributed by atoms with E-state index in [9.17, 15) is 14.4 Å². The van der Waals surface area contributed by atoms with Crippen LogP contribution in [0.25, 0.3) is 0 Å². The van der Waals surface area contributed by atoms with Crippen molar-refractivity contribution in [3.05, 3.63) is 65.8 Å². The fourth-order valence-corrected chi connectivity index (χ4v) is 3.38. The lowest BCUT2D eigenvalue weighted by Crippen LogP contribution is -2.45. The Balaban J connectivity index is 2.10. The predicted octanol–water partition coefficient (Wildman–Crippen LogP) is 4.08. The lowest BCUT2D eigenvalue weighted by atomic mass is 10.1. The van der Waals surface area contributed by atoms with Gasteiger partial charge in [-0.15, -0.1) is 0 Å². The molecule has 33 heavy (non-hydrogen) atoms. The van der Waals surface area contributed by atoms with Crippen molar-refractivity contribution in [2.24, 2.45) is 5.73 Å². The van der Waals surface area contributed by atoms with Crippen LogP contribution in [0.4, 0.5) is 0 Å². The molecule has 1 aliphatic heterocycles. The molecule has 0 spiro atoms. The maximum absolute atomic E-state index is 13.0. The van der Waals surface area contributed by atoms with Crippen molar-refractivity contribution in [3.8, 4) is 5.75 Å². The standard InChI is InChI=1S/C26H34N2O5/c1-7-17(2)11-12-18(3)16-32-22-10-8-9-19-20(22)15-28(25(19)31)21(24(27)30)13-14-23(29)33-26(4,5)6/h8-12,21H,2-3,7,13-16H2,1,4-6H3,(H2,27,30)/b12-11-. The van der Waals surface area contributed by atoms with E-state index in [1.54, 1.807) is 39.0 Å². The van der Waals surface area contributed by atoms with Crippen molar-refractivity contribution in [1.29, 1.82) is 0 Å². The Morgan fingerprint density at radius 3 is 2.48 bits per heavy atom. The summed E-state index contributed by atoms with van der Waals surface area (Å²) in [5, 5.41) is 0. The van der Waals surface area contributed by atoms with E-state index in [1.165, 1.54) is 4.90 Å². The molecule has 2 rings (SSSR count). The minimum Gasteiger partial charge on any atom is -0.489 e. The molecule has 0 saturated carbocycles. The number of fused-ring (bicyclic) bond motifs is 1. The Morgan fingerprint density at radius 2 is 1.88 bits per heavy atom. The molecular weight excluding hydrogens is 420 g/mol. The van der Waals surface area contributed by atoms with Gasteiger partial charge < -0.3 is 20.1 Å². The van der Waals surface area contributed by atoms with Crippen molar-refractivity contribution >= 4 is 17.8 Å². The van der Waals surface area contributed by atoms with E-state index in [0.29, 0.717) is 16.9 Å². The van der Waals surface area contributed by atoms with Crippen LogP contribution in [0.5, 0.6) is 5.75 Å². The van der Waals surface area contributed by atoms with Crippen LogP contribution in [0.1, 0.15) is 62.9 Å². The molecule has 1 aromatic carbocycles. The van der Waals surface area contributed by atoms with Gasteiger partial charge in [-0.25, -0.2) is 0 Å². The van der Waals surface area contributed by atoms with Crippen molar-refractivity contribution in [1.82, 2.24) is 4.90 Å². The highest BCUT2D eigenvalue weighted by atomic mass is 16.6. The van der Waals surface area contributed by atoms with Gasteiger partial charge in [-0.05, 0) is 51.3 Å². The van der Waals surface area contributed by atoms with Crippen LogP contribution in [0, 0.1) is 0 Å². The molecule has 0 bridgehead atoms. The van der Waals surface area contributed by atoms with Gasteiger partial charge in [0.05, 0.1) is 6.54 Å². The van der Waals surface area contributed by atoms with Crippen LogP contribution >= 0.6 is 0 Å². The molecular formula is C26H34N2O5. The normalized spacial score (nSPS) is 14.2. The van der Waals surface area contributed by atoms with Crippen molar-refractivity contribution < 1.29 is 23.9 Å². The Bertz CT molecular complexity index is 971. The summed E-state index contributed by atoms with van der Waals surface area (Å²) in [4.78, 5) is 38.7. The van der Waals surface area contributed by atoms with Crippen LogP contribution in [-0.4, -0.2) is 40.9 Å². The van der Waals surface area contributed by atoms with E-state index >= 15 is 0 Å². The molecule has 1 unspecified atom stereocenters. The van der Waals surface area contributed by atoms with E-state index in [4.69, 9.17) is 15.2 Å². The topological polar surface area (TPSA) is 98.9 Å². The number of hydrogen-bond donors (Lipinski definition) is 1. The largest absolute Gasteiger partial charge is 0.489 e. The summed E-state index contributed by atoms with van der Waals surface area (Å²) in [5.74, 6) is -0.889. The Hall–Kier alpha value is -3.35. The summed E-state index contributed by atoms with van der Waals surface area (Å²) in [6.07, 6.45) is 4.66. The first-order valence-corrected chi connectivity index (χ1v) is 11.0. The van der Waals surface area contributed by atoms with Gasteiger partial charge in [-0.3, -0.25) is 14.4 Å². The molecule has 1 aliphatic rings. The number of allylic oxidation sites excluding steroid dienone is 2. The molecule has 1 aromatic rings. The van der Waals surface area contributed by atoms with Crippen molar-refractivity contribution in [2.75, 3.05) is 6.61 Å². The number of amides is 2. The van der Waals surface area contributed by atoms with E-state index in [1.807, 2.05) is 19.1 Å². The smallest absolute Gasteiger partial charge is 0.306 e. The number of nitrogens with two attached hydrogens (primary N) is 1. The minimum absolute atomic E-state index is 0.0242. The summed E-state index contributed by atoms with van der Waals surface area (Å²) in [6, 6.07) is 4.27. The maximum atomic E-state index is 13.0. The lowest BCUT2D eigenvalue weighted by molar-refractivity contribution is -0.155. The third-order valence-corrected chi connectivity index (χ3v) is 5.12. The summed E-state index contributed by atoms with van der Waals surface area (Å²) in [5.41, 5.74) is 7.84. The second kappa shape index (κ2) is 11.0. The number of hydrogen-bond acceptors (Lipinski definition) is 5. The molecule has 7 nitrogen and oxygen atoms in total. The Labute approximate surface area is 195 Å². The fraction of sp³-hybridized carbons (Fsp3) is 0.423. The molecule has 0 radical (unpaired) electrons. The Kier molecular flexibility index (Phi) is 8.63. The van der Waals surface area contributed by atoms with Crippen LogP contribution in [0.15, 0.2) is 54.7 Å². The van der Waals surface area contributed by atoms with Crippen LogP contribution in [-0.2, 0) is 20.9 Å². The molecule has 0 aromatic heterocycles. The summed E-state index contributed by atoms with van der Waals surface area (Å²) in [7, 11) is 0. The molecule has 0 aliphatic carbocycles. The number of esters is 1. The molecule has 0 fully saturated rings. The SMILES string of the molecule is C=C(/C=C\C(=C)COc1cccc2c1CN(C(CCC(=O)OC(C)(C)C)C(N)=O)C2=O)CC. The lowest BCUT2D eigenvalue weighted by Gasteiger charge is -2.26. The van der Waals surface area contributed by atoms with E-state index in [2.05, 4.69) is 13.2 Å². The van der Waals surface area contributed by atoms with E-state index < -0.39 is 23.5 Å². The van der Waals surface area contributed by atoms with Crippen LogP contribution in [0.2, 0.25) is 0 Å². The van der Waals surface area contributed by atoms with Crippen LogP contribution < -0.4 is 10.5 Å². The second-order valence-electron chi connectivity index (χ2n) is 9.05. The second-order valence-corrected chi connectivity index (χ2v) is 9.05. The Morgan fingerprint density at radius 1 is 1.21 bits per heavy atom.